The first kappa shape index (κ1) is 12.2. The highest BCUT2D eigenvalue weighted by Gasteiger charge is 2.07. The van der Waals surface area contributed by atoms with Crippen LogP contribution in [0.3, 0.4) is 0 Å². The van der Waals surface area contributed by atoms with Crippen LogP contribution in [0.1, 0.15) is 19.4 Å². The zero-order valence-corrected chi connectivity index (χ0v) is 9.61. The summed E-state index contributed by atoms with van der Waals surface area (Å²) in [6.07, 6.45) is 0.784. The number of hydrogen-bond acceptors (Lipinski definition) is 2. The van der Waals surface area contributed by atoms with Crippen LogP contribution >= 0.6 is 0 Å². The average Bonchev–Trinajstić information content (AvgIpc) is 2.25. The van der Waals surface area contributed by atoms with Crippen molar-refractivity contribution in [1.82, 2.24) is 5.32 Å². The third-order valence-corrected chi connectivity index (χ3v) is 2.56. The Hall–Kier alpha value is -0.860. The number of aliphatic hydroxyl groups is 1. The van der Waals surface area contributed by atoms with Gasteiger partial charge in [0.2, 0.25) is 0 Å². The summed E-state index contributed by atoms with van der Waals surface area (Å²) in [5, 5.41) is 12.8. The summed E-state index contributed by atoms with van der Waals surface area (Å²) in [5.74, 6) is 0.328. The second kappa shape index (κ2) is 6.59. The van der Waals surface area contributed by atoms with E-state index in [0.717, 1.165) is 13.0 Å². The highest BCUT2D eigenvalue weighted by molar-refractivity contribution is 5.14. The van der Waals surface area contributed by atoms with Crippen molar-refractivity contribution in [3.8, 4) is 0 Å². The molecule has 0 heterocycles. The number of benzene rings is 1. The quantitative estimate of drug-likeness (QED) is 0.698. The minimum atomic E-state index is -0.235. The molecule has 2 heteroatoms. The van der Waals surface area contributed by atoms with Crippen LogP contribution in [0.5, 0.6) is 0 Å². The number of aliphatic hydroxyl groups excluding tert-OH is 1. The van der Waals surface area contributed by atoms with Gasteiger partial charge in [0.1, 0.15) is 0 Å². The fourth-order valence-corrected chi connectivity index (χ4v) is 1.36. The number of hydrogen-bond donors (Lipinski definition) is 2. The first-order valence-corrected chi connectivity index (χ1v) is 5.63. The Morgan fingerprint density at radius 3 is 2.47 bits per heavy atom. The molecule has 0 saturated heterocycles. The summed E-state index contributed by atoms with van der Waals surface area (Å²) < 4.78 is 0. The third kappa shape index (κ3) is 4.96. The lowest BCUT2D eigenvalue weighted by molar-refractivity contribution is 0.124. The van der Waals surface area contributed by atoms with Crippen molar-refractivity contribution < 1.29 is 5.11 Å². The van der Waals surface area contributed by atoms with Gasteiger partial charge in [0.25, 0.3) is 0 Å². The Labute approximate surface area is 92.3 Å². The predicted octanol–water partition coefficient (Wildman–Crippen LogP) is 1.84. The number of rotatable bonds is 6. The summed E-state index contributed by atoms with van der Waals surface area (Å²) in [5.41, 5.74) is 1.34. The second-order valence-corrected chi connectivity index (χ2v) is 4.25. The fraction of sp³-hybridized carbons (Fsp3) is 0.538. The number of nitrogens with one attached hydrogen (secondary N) is 1. The molecule has 2 nitrogen and oxygen atoms in total. The van der Waals surface area contributed by atoms with Crippen molar-refractivity contribution in [2.45, 2.75) is 26.4 Å². The molecule has 2 N–H and O–H groups in total. The average molecular weight is 207 g/mol. The normalized spacial score (nSPS) is 13.1. The molecule has 0 bridgehead atoms. The van der Waals surface area contributed by atoms with Gasteiger partial charge in [-0.05, 0) is 24.4 Å². The van der Waals surface area contributed by atoms with Crippen molar-refractivity contribution >= 4 is 0 Å². The first-order chi connectivity index (χ1) is 7.20. The van der Waals surface area contributed by atoms with E-state index >= 15 is 0 Å². The molecule has 1 aromatic carbocycles. The van der Waals surface area contributed by atoms with Crippen LogP contribution in [0.2, 0.25) is 0 Å². The maximum atomic E-state index is 9.56. The second-order valence-electron chi connectivity index (χ2n) is 4.25. The maximum Gasteiger partial charge on any atom is 0.0687 e. The van der Waals surface area contributed by atoms with Crippen molar-refractivity contribution in [3.05, 3.63) is 35.9 Å². The topological polar surface area (TPSA) is 32.3 Å². The lowest BCUT2D eigenvalue weighted by Gasteiger charge is -2.14. The van der Waals surface area contributed by atoms with Crippen molar-refractivity contribution in [1.29, 1.82) is 0 Å². The maximum absolute atomic E-state index is 9.56. The van der Waals surface area contributed by atoms with Crippen LogP contribution < -0.4 is 5.32 Å². The van der Waals surface area contributed by atoms with Crippen LogP contribution in [0.4, 0.5) is 0 Å². The van der Waals surface area contributed by atoms with Gasteiger partial charge in [-0.3, -0.25) is 0 Å². The molecule has 1 aromatic rings. The molecule has 0 saturated carbocycles. The van der Waals surface area contributed by atoms with E-state index in [1.807, 2.05) is 19.9 Å². The summed E-state index contributed by atoms with van der Waals surface area (Å²) >= 11 is 0. The molecule has 84 valence electrons. The van der Waals surface area contributed by atoms with Crippen LogP contribution in [0, 0.1) is 5.92 Å². The fourth-order valence-electron chi connectivity index (χ4n) is 1.36. The molecular weight excluding hydrogens is 186 g/mol. The van der Waals surface area contributed by atoms with Gasteiger partial charge < -0.3 is 10.4 Å². The molecule has 0 amide bonds. The standard InChI is InChI=1S/C13H21NO/c1-11(2)13(15)10-14-9-8-12-6-4-3-5-7-12/h3-7,11,13-15H,8-10H2,1-2H3. The Morgan fingerprint density at radius 1 is 1.20 bits per heavy atom. The highest BCUT2D eigenvalue weighted by atomic mass is 16.3. The molecule has 0 spiro atoms. The molecule has 0 aliphatic rings. The molecule has 0 radical (unpaired) electrons. The van der Waals surface area contributed by atoms with E-state index in [4.69, 9.17) is 0 Å². The summed E-state index contributed by atoms with van der Waals surface area (Å²) in [6, 6.07) is 10.4. The zero-order chi connectivity index (χ0) is 11.1. The van der Waals surface area contributed by atoms with E-state index in [2.05, 4.69) is 29.6 Å². The smallest absolute Gasteiger partial charge is 0.0687 e. The van der Waals surface area contributed by atoms with E-state index in [-0.39, 0.29) is 6.10 Å². The summed E-state index contributed by atoms with van der Waals surface area (Å²) in [6.45, 7) is 5.67. The van der Waals surface area contributed by atoms with Gasteiger partial charge in [-0.25, -0.2) is 0 Å². The SMILES string of the molecule is CC(C)C(O)CNCCc1ccccc1. The van der Waals surface area contributed by atoms with Crippen LogP contribution in [-0.2, 0) is 6.42 Å². The van der Waals surface area contributed by atoms with Crippen LogP contribution in [0.25, 0.3) is 0 Å². The van der Waals surface area contributed by atoms with Crippen molar-refractivity contribution in [2.24, 2.45) is 5.92 Å². The minimum Gasteiger partial charge on any atom is -0.392 e. The van der Waals surface area contributed by atoms with Gasteiger partial charge in [0.15, 0.2) is 0 Å². The zero-order valence-electron chi connectivity index (χ0n) is 9.61. The Morgan fingerprint density at radius 2 is 1.87 bits per heavy atom. The summed E-state index contributed by atoms with van der Waals surface area (Å²) in [4.78, 5) is 0. The van der Waals surface area contributed by atoms with E-state index < -0.39 is 0 Å². The molecule has 0 aromatic heterocycles. The van der Waals surface area contributed by atoms with Gasteiger partial charge in [-0.2, -0.15) is 0 Å². The first-order valence-electron chi connectivity index (χ1n) is 5.63. The van der Waals surface area contributed by atoms with E-state index in [9.17, 15) is 5.11 Å². The Balaban J connectivity index is 2.12. The van der Waals surface area contributed by atoms with E-state index in [1.165, 1.54) is 5.56 Å². The Bertz CT molecular complexity index is 258. The molecule has 0 aliphatic carbocycles. The van der Waals surface area contributed by atoms with Crippen LogP contribution in [-0.4, -0.2) is 24.3 Å². The molecule has 0 fully saturated rings. The molecular formula is C13H21NO. The van der Waals surface area contributed by atoms with Crippen molar-refractivity contribution in [3.63, 3.8) is 0 Å². The molecule has 1 unspecified atom stereocenters. The van der Waals surface area contributed by atoms with Gasteiger partial charge in [-0.15, -0.1) is 0 Å². The lowest BCUT2D eigenvalue weighted by Crippen LogP contribution is -2.31. The molecule has 0 aliphatic heterocycles. The third-order valence-electron chi connectivity index (χ3n) is 2.56. The molecule has 1 rings (SSSR count). The largest absolute Gasteiger partial charge is 0.392 e. The van der Waals surface area contributed by atoms with Gasteiger partial charge in [-0.1, -0.05) is 44.2 Å². The minimum absolute atomic E-state index is 0.235. The predicted molar refractivity (Wildman–Crippen MR) is 63.9 cm³/mol. The van der Waals surface area contributed by atoms with Gasteiger partial charge in [0, 0.05) is 6.54 Å². The van der Waals surface area contributed by atoms with E-state index in [1.54, 1.807) is 0 Å². The lowest BCUT2D eigenvalue weighted by atomic mass is 10.1. The molecule has 1 atom stereocenters. The Kier molecular flexibility index (Phi) is 5.37. The van der Waals surface area contributed by atoms with Gasteiger partial charge >= 0.3 is 0 Å². The van der Waals surface area contributed by atoms with Crippen molar-refractivity contribution in [2.75, 3.05) is 13.1 Å². The summed E-state index contributed by atoms with van der Waals surface area (Å²) in [7, 11) is 0. The molecule has 15 heavy (non-hydrogen) atoms. The van der Waals surface area contributed by atoms with Gasteiger partial charge in [0.05, 0.1) is 6.10 Å². The van der Waals surface area contributed by atoms with E-state index in [0.29, 0.717) is 12.5 Å². The monoisotopic (exact) mass is 207 g/mol. The highest BCUT2D eigenvalue weighted by Crippen LogP contribution is 2.00. The van der Waals surface area contributed by atoms with Crippen LogP contribution in [0.15, 0.2) is 30.3 Å².